The molecule has 0 aliphatic carbocycles. The van der Waals surface area contributed by atoms with Crippen LogP contribution in [0, 0.1) is 0 Å². The van der Waals surface area contributed by atoms with Crippen LogP contribution < -0.4 is 0 Å². The van der Waals surface area contributed by atoms with E-state index in [1.807, 2.05) is 0 Å². The van der Waals surface area contributed by atoms with Crippen molar-refractivity contribution in [2.45, 2.75) is 85.1 Å². The molecular formula is C15H46O6Si7. The first-order valence-electron chi connectivity index (χ1n) is 10.00. The van der Waals surface area contributed by atoms with Crippen molar-refractivity contribution < 1.29 is 25.3 Å². The minimum atomic E-state index is -2.52. The molecule has 0 heterocycles. The third-order valence-corrected chi connectivity index (χ3v) is 46.9. The first-order chi connectivity index (χ1) is 12.1. The molecule has 0 saturated carbocycles. The zero-order valence-corrected chi connectivity index (χ0v) is 28.2. The fraction of sp³-hybridized carbons (Fsp3) is 1.00. The lowest BCUT2D eigenvalue weighted by atomic mass is 11.8. The molecule has 28 heavy (non-hydrogen) atoms. The van der Waals surface area contributed by atoms with E-state index in [2.05, 4.69) is 85.1 Å². The molecular weight excluding hydrogens is 473 g/mol. The van der Waals surface area contributed by atoms with E-state index in [0.29, 0.717) is 0 Å². The minimum Gasteiger partial charge on any atom is -0.454 e. The first-order valence-corrected chi connectivity index (χ1v) is 31.4. The van der Waals surface area contributed by atoms with E-state index < -0.39 is 57.7 Å². The zero-order valence-electron chi connectivity index (χ0n) is 21.0. The summed E-state index contributed by atoms with van der Waals surface area (Å²) in [5, 5.41) is 0. The molecule has 0 aliphatic heterocycles. The molecule has 0 aromatic carbocycles. The number of hydrogen-bond donors (Lipinski definition) is 0. The summed E-state index contributed by atoms with van der Waals surface area (Å²) in [6.45, 7) is 28.6. The quantitative estimate of drug-likeness (QED) is 0.353. The van der Waals surface area contributed by atoms with Crippen LogP contribution in [0.15, 0.2) is 0 Å². The predicted molar refractivity (Wildman–Crippen MR) is 136 cm³/mol. The Labute approximate surface area is 182 Å². The van der Waals surface area contributed by atoms with Crippen LogP contribution in [0.3, 0.4) is 0 Å². The van der Waals surface area contributed by atoms with Gasteiger partial charge in [0.1, 0.15) is 0 Å². The van der Waals surface area contributed by atoms with Crippen molar-refractivity contribution in [2.75, 3.05) is 14.2 Å². The van der Waals surface area contributed by atoms with Crippen LogP contribution in [0.25, 0.3) is 0 Å². The second-order valence-electron chi connectivity index (χ2n) is 10.4. The Balaban J connectivity index is 5.34. The van der Waals surface area contributed by atoms with Crippen molar-refractivity contribution >= 4 is 57.7 Å². The van der Waals surface area contributed by atoms with Gasteiger partial charge in [-0.25, -0.2) is 0 Å². The smallest absolute Gasteiger partial charge is 0.336 e. The largest absolute Gasteiger partial charge is 0.454 e. The summed E-state index contributed by atoms with van der Waals surface area (Å²) in [7, 11) is -10.9. The van der Waals surface area contributed by atoms with Crippen LogP contribution in [0.1, 0.15) is 0 Å². The molecule has 0 N–H and O–H groups in total. The van der Waals surface area contributed by atoms with Gasteiger partial charge in [-0.1, -0.05) is 0 Å². The molecule has 0 aromatic rings. The molecule has 0 aromatic heterocycles. The maximum atomic E-state index is 6.72. The third-order valence-electron chi connectivity index (χ3n) is 5.36. The monoisotopic (exact) mass is 518 g/mol. The van der Waals surface area contributed by atoms with Gasteiger partial charge in [-0.15, -0.1) is 0 Å². The number of rotatable bonds is 12. The van der Waals surface area contributed by atoms with E-state index in [-0.39, 0.29) is 0 Å². The van der Waals surface area contributed by atoms with Gasteiger partial charge in [-0.3, -0.25) is 0 Å². The van der Waals surface area contributed by atoms with Gasteiger partial charge in [0.05, 0.1) is 0 Å². The van der Waals surface area contributed by atoms with E-state index in [1.165, 1.54) is 0 Å². The van der Waals surface area contributed by atoms with Crippen molar-refractivity contribution in [2.24, 2.45) is 0 Å². The normalized spacial score (nSPS) is 18.1. The summed E-state index contributed by atoms with van der Waals surface area (Å²) in [5.74, 6) is 0. The Morgan fingerprint density at radius 3 is 1.36 bits per heavy atom. The van der Waals surface area contributed by atoms with Gasteiger partial charge in [0, 0.05) is 14.2 Å². The van der Waals surface area contributed by atoms with Crippen molar-refractivity contribution in [3.63, 3.8) is 0 Å². The van der Waals surface area contributed by atoms with Crippen LogP contribution in [-0.4, -0.2) is 72.0 Å². The Bertz CT molecular complexity index is 510. The molecule has 2 atom stereocenters. The highest BCUT2D eigenvalue weighted by Crippen LogP contribution is 2.30. The van der Waals surface area contributed by atoms with Crippen molar-refractivity contribution in [3.8, 4) is 0 Å². The molecule has 6 nitrogen and oxygen atoms in total. The lowest BCUT2D eigenvalue weighted by Crippen LogP contribution is -2.69. The highest BCUT2D eigenvalue weighted by molar-refractivity contribution is 7.37. The second kappa shape index (κ2) is 9.82. The van der Waals surface area contributed by atoms with Gasteiger partial charge in [0.2, 0.25) is 15.7 Å². The summed E-state index contributed by atoms with van der Waals surface area (Å²) in [4.78, 5) is 0. The summed E-state index contributed by atoms with van der Waals surface area (Å²) in [6, 6.07) is 0. The maximum Gasteiger partial charge on any atom is 0.336 e. The Morgan fingerprint density at radius 2 is 1.00 bits per heavy atom. The number of hydrogen-bond acceptors (Lipinski definition) is 6. The Kier molecular flexibility index (Phi) is 10.3. The standard InChI is InChI=1S/C15H46O6Si7/c1-16-25(9,10)26(11,12)19-22(3)18-24(7,8)21-28(15,17-2)27(13,14)20-23(4,5)6/h22H,1-15H3. The Hall–Kier alpha value is 1.28. The topological polar surface area (TPSA) is 55.4 Å². The van der Waals surface area contributed by atoms with Crippen LogP contribution in [0.2, 0.25) is 85.1 Å². The molecule has 13 heteroatoms. The van der Waals surface area contributed by atoms with Crippen LogP contribution >= 0.6 is 0 Å². The van der Waals surface area contributed by atoms with Crippen LogP contribution in [0.4, 0.5) is 0 Å². The maximum absolute atomic E-state index is 6.72. The van der Waals surface area contributed by atoms with Crippen molar-refractivity contribution in [1.82, 2.24) is 0 Å². The van der Waals surface area contributed by atoms with Crippen LogP contribution in [-0.2, 0) is 25.3 Å². The summed E-state index contributed by atoms with van der Waals surface area (Å²) < 4.78 is 38.2. The molecule has 0 radical (unpaired) electrons. The molecule has 0 bridgehead atoms. The average Bonchev–Trinajstić information content (AvgIpc) is 2.41. The lowest BCUT2D eigenvalue weighted by molar-refractivity contribution is 0.275. The van der Waals surface area contributed by atoms with E-state index in [4.69, 9.17) is 25.3 Å². The highest BCUT2D eigenvalue weighted by atomic mass is 29.3. The van der Waals surface area contributed by atoms with Gasteiger partial charge < -0.3 is 25.3 Å². The second-order valence-corrected chi connectivity index (χ2v) is 47.4. The fourth-order valence-corrected chi connectivity index (χ4v) is 40.7. The molecule has 0 amide bonds. The van der Waals surface area contributed by atoms with Crippen molar-refractivity contribution in [1.29, 1.82) is 0 Å². The van der Waals surface area contributed by atoms with Gasteiger partial charge in [0.15, 0.2) is 16.2 Å². The van der Waals surface area contributed by atoms with Gasteiger partial charge in [0.25, 0.3) is 9.28 Å². The zero-order chi connectivity index (χ0) is 22.8. The van der Waals surface area contributed by atoms with Gasteiger partial charge in [-0.05, 0) is 85.1 Å². The molecule has 0 rings (SSSR count). The summed E-state index contributed by atoms with van der Waals surface area (Å²) in [5.41, 5.74) is 0. The molecule has 0 spiro atoms. The summed E-state index contributed by atoms with van der Waals surface area (Å²) in [6.07, 6.45) is 0. The van der Waals surface area contributed by atoms with Crippen molar-refractivity contribution in [3.05, 3.63) is 0 Å². The predicted octanol–water partition coefficient (Wildman–Crippen LogP) is 4.58. The molecule has 0 aliphatic rings. The molecule has 2 unspecified atom stereocenters. The van der Waals surface area contributed by atoms with E-state index >= 15 is 0 Å². The fourth-order valence-electron chi connectivity index (χ4n) is 2.99. The Morgan fingerprint density at radius 1 is 0.536 bits per heavy atom. The average molecular weight is 519 g/mol. The van der Waals surface area contributed by atoms with E-state index in [0.717, 1.165) is 0 Å². The molecule has 0 saturated heterocycles. The highest BCUT2D eigenvalue weighted by Gasteiger charge is 2.56. The van der Waals surface area contributed by atoms with E-state index in [1.54, 1.807) is 14.2 Å². The first kappa shape index (κ1) is 29.3. The van der Waals surface area contributed by atoms with Gasteiger partial charge >= 0.3 is 16.6 Å². The SMILES string of the molecule is CO[Si](C)(C)[Si](C)(C)O[SiH](C)O[Si](C)(C)O[Si](C)(OC)[Si](C)(C)O[Si](C)(C)C. The summed E-state index contributed by atoms with van der Waals surface area (Å²) >= 11 is 0. The molecule has 170 valence electrons. The third kappa shape index (κ3) is 8.43. The lowest BCUT2D eigenvalue weighted by Gasteiger charge is -2.45. The van der Waals surface area contributed by atoms with E-state index in [9.17, 15) is 0 Å². The molecule has 0 fully saturated rings. The van der Waals surface area contributed by atoms with Gasteiger partial charge in [-0.2, -0.15) is 0 Å². The minimum absolute atomic E-state index is 1.69. The van der Waals surface area contributed by atoms with Crippen LogP contribution in [0.5, 0.6) is 0 Å².